The minimum Gasteiger partial charge on any atom is -0.508 e. The first-order chi connectivity index (χ1) is 9.06. The number of halogens is 2. The molecule has 4 nitrogen and oxygen atoms in total. The zero-order chi connectivity index (χ0) is 13.8. The molecular formula is C13H10F2N2O2. The van der Waals surface area contributed by atoms with Crippen LogP contribution < -0.4 is 5.43 Å². The van der Waals surface area contributed by atoms with Gasteiger partial charge in [-0.05, 0) is 24.3 Å². The molecule has 0 aliphatic carbocycles. The molecule has 0 saturated carbocycles. The number of anilines is 1. The Bertz CT molecular complexity index is 630. The summed E-state index contributed by atoms with van der Waals surface area (Å²) in [5, 5.41) is 22.3. The minimum atomic E-state index is -0.771. The van der Waals surface area contributed by atoms with Gasteiger partial charge in [-0.2, -0.15) is 5.10 Å². The lowest BCUT2D eigenvalue weighted by molar-refractivity contribution is 0.450. The van der Waals surface area contributed by atoms with E-state index in [9.17, 15) is 13.9 Å². The van der Waals surface area contributed by atoms with Gasteiger partial charge in [0.2, 0.25) is 0 Å². The van der Waals surface area contributed by atoms with Gasteiger partial charge in [0, 0.05) is 17.7 Å². The second-order valence-electron chi connectivity index (χ2n) is 3.74. The minimum absolute atomic E-state index is 0.0101. The van der Waals surface area contributed by atoms with Crippen LogP contribution in [0.1, 0.15) is 5.56 Å². The summed E-state index contributed by atoms with van der Waals surface area (Å²) in [4.78, 5) is 0. The van der Waals surface area contributed by atoms with Crippen LogP contribution in [0.15, 0.2) is 41.5 Å². The van der Waals surface area contributed by atoms with E-state index in [-0.39, 0.29) is 17.2 Å². The molecule has 0 saturated heterocycles. The van der Waals surface area contributed by atoms with Crippen LogP contribution in [0.4, 0.5) is 14.5 Å². The fourth-order valence-electron chi connectivity index (χ4n) is 1.39. The van der Waals surface area contributed by atoms with Crippen LogP contribution in [-0.2, 0) is 0 Å². The van der Waals surface area contributed by atoms with Crippen LogP contribution in [0, 0.1) is 11.6 Å². The van der Waals surface area contributed by atoms with E-state index < -0.39 is 11.6 Å². The third kappa shape index (κ3) is 3.19. The molecule has 98 valence electrons. The van der Waals surface area contributed by atoms with Gasteiger partial charge in [-0.15, -0.1) is 0 Å². The molecule has 2 aromatic rings. The van der Waals surface area contributed by atoms with Gasteiger partial charge in [-0.3, -0.25) is 5.43 Å². The van der Waals surface area contributed by atoms with Crippen molar-refractivity contribution in [3.05, 3.63) is 53.6 Å². The van der Waals surface area contributed by atoms with E-state index in [1.54, 1.807) is 0 Å². The van der Waals surface area contributed by atoms with Crippen molar-refractivity contribution in [3.63, 3.8) is 0 Å². The average molecular weight is 264 g/mol. The molecule has 0 atom stereocenters. The Morgan fingerprint density at radius 3 is 2.53 bits per heavy atom. The van der Waals surface area contributed by atoms with E-state index in [0.29, 0.717) is 5.56 Å². The van der Waals surface area contributed by atoms with Crippen LogP contribution >= 0.6 is 0 Å². The summed E-state index contributed by atoms with van der Waals surface area (Å²) in [5.74, 6) is -1.69. The Kier molecular flexibility index (Phi) is 3.61. The number of hydrazone groups is 1. The fraction of sp³-hybridized carbons (Fsp3) is 0. The molecule has 0 fully saturated rings. The summed E-state index contributed by atoms with van der Waals surface area (Å²) in [6.45, 7) is 0. The monoisotopic (exact) mass is 264 g/mol. The van der Waals surface area contributed by atoms with Crippen molar-refractivity contribution in [2.24, 2.45) is 5.10 Å². The summed E-state index contributed by atoms with van der Waals surface area (Å²) in [6, 6.07) is 7.00. The van der Waals surface area contributed by atoms with E-state index in [1.165, 1.54) is 24.4 Å². The zero-order valence-corrected chi connectivity index (χ0v) is 9.64. The number of hydrogen-bond donors (Lipinski definition) is 3. The first-order valence-corrected chi connectivity index (χ1v) is 5.32. The van der Waals surface area contributed by atoms with Crippen molar-refractivity contribution in [1.82, 2.24) is 0 Å². The predicted molar refractivity (Wildman–Crippen MR) is 67.3 cm³/mol. The number of nitrogens with zero attached hydrogens (tertiary/aromatic N) is 1. The Morgan fingerprint density at radius 1 is 1.05 bits per heavy atom. The molecule has 0 amide bonds. The third-order valence-corrected chi connectivity index (χ3v) is 2.33. The molecule has 0 aliphatic heterocycles. The second-order valence-corrected chi connectivity index (χ2v) is 3.74. The van der Waals surface area contributed by atoms with E-state index in [0.717, 1.165) is 18.2 Å². The van der Waals surface area contributed by atoms with Gasteiger partial charge in [0.15, 0.2) is 5.82 Å². The number of benzene rings is 2. The molecule has 6 heteroatoms. The number of phenolic OH excluding ortho intramolecular Hbond substituents is 2. The fourth-order valence-corrected chi connectivity index (χ4v) is 1.39. The molecule has 19 heavy (non-hydrogen) atoms. The van der Waals surface area contributed by atoms with Gasteiger partial charge in [0.25, 0.3) is 0 Å². The summed E-state index contributed by atoms with van der Waals surface area (Å²) < 4.78 is 25.9. The maximum atomic E-state index is 13.2. The van der Waals surface area contributed by atoms with Gasteiger partial charge in [0.05, 0.1) is 11.9 Å². The van der Waals surface area contributed by atoms with E-state index in [4.69, 9.17) is 5.11 Å². The highest BCUT2D eigenvalue weighted by atomic mass is 19.1. The number of aromatic hydroxyl groups is 2. The third-order valence-electron chi connectivity index (χ3n) is 2.33. The maximum absolute atomic E-state index is 13.2. The summed E-state index contributed by atoms with van der Waals surface area (Å²) in [5.41, 5.74) is 2.74. The molecule has 0 aromatic heterocycles. The second kappa shape index (κ2) is 5.34. The summed E-state index contributed by atoms with van der Waals surface area (Å²) in [6.07, 6.45) is 1.25. The van der Waals surface area contributed by atoms with Gasteiger partial charge >= 0.3 is 0 Å². The molecule has 0 aliphatic rings. The largest absolute Gasteiger partial charge is 0.508 e. The molecule has 2 aromatic carbocycles. The average Bonchev–Trinajstić information content (AvgIpc) is 2.34. The highest BCUT2D eigenvalue weighted by molar-refractivity contribution is 5.84. The number of phenols is 2. The molecule has 2 rings (SSSR count). The smallest absolute Gasteiger partial charge is 0.151 e. The van der Waals surface area contributed by atoms with Crippen LogP contribution in [0.3, 0.4) is 0 Å². The Morgan fingerprint density at radius 2 is 1.84 bits per heavy atom. The summed E-state index contributed by atoms with van der Waals surface area (Å²) >= 11 is 0. The lowest BCUT2D eigenvalue weighted by Crippen LogP contribution is -1.94. The topological polar surface area (TPSA) is 64.9 Å². The first-order valence-electron chi connectivity index (χ1n) is 5.32. The van der Waals surface area contributed by atoms with Crippen LogP contribution in [0.2, 0.25) is 0 Å². The van der Waals surface area contributed by atoms with Crippen molar-refractivity contribution in [3.8, 4) is 11.5 Å². The molecular weight excluding hydrogens is 254 g/mol. The highest BCUT2D eigenvalue weighted by Crippen LogP contribution is 2.21. The Labute approximate surface area is 107 Å². The standard InChI is InChI=1S/C13H10F2N2O2/c14-9-2-4-12(11(15)5-9)17-16-7-8-1-3-10(18)6-13(8)19/h1-7,17-19H/b16-7-. The number of nitrogens with one attached hydrogen (secondary N) is 1. The molecule has 0 heterocycles. The predicted octanol–water partition coefficient (Wildman–Crippen LogP) is 2.82. The van der Waals surface area contributed by atoms with Gasteiger partial charge < -0.3 is 10.2 Å². The van der Waals surface area contributed by atoms with Gasteiger partial charge in [-0.1, -0.05) is 0 Å². The van der Waals surface area contributed by atoms with E-state index >= 15 is 0 Å². The molecule has 0 radical (unpaired) electrons. The SMILES string of the molecule is Oc1ccc(/C=N\Nc2ccc(F)cc2F)c(O)c1. The summed E-state index contributed by atoms with van der Waals surface area (Å²) in [7, 11) is 0. The molecule has 3 N–H and O–H groups in total. The van der Waals surface area contributed by atoms with Crippen molar-refractivity contribution in [2.75, 3.05) is 5.43 Å². The number of rotatable bonds is 3. The zero-order valence-electron chi connectivity index (χ0n) is 9.64. The van der Waals surface area contributed by atoms with Crippen molar-refractivity contribution >= 4 is 11.9 Å². The Hall–Kier alpha value is -2.63. The van der Waals surface area contributed by atoms with Gasteiger partial charge in [-0.25, -0.2) is 8.78 Å². The van der Waals surface area contributed by atoms with Gasteiger partial charge in [0.1, 0.15) is 17.3 Å². The lowest BCUT2D eigenvalue weighted by atomic mass is 10.2. The lowest BCUT2D eigenvalue weighted by Gasteiger charge is -2.02. The van der Waals surface area contributed by atoms with Crippen LogP contribution in [0.25, 0.3) is 0 Å². The highest BCUT2D eigenvalue weighted by Gasteiger charge is 2.02. The first kappa shape index (κ1) is 12.8. The van der Waals surface area contributed by atoms with Crippen molar-refractivity contribution in [1.29, 1.82) is 0 Å². The molecule has 0 unspecified atom stereocenters. The normalized spacial score (nSPS) is 10.8. The molecule has 0 spiro atoms. The number of hydrogen-bond acceptors (Lipinski definition) is 4. The van der Waals surface area contributed by atoms with Crippen LogP contribution in [-0.4, -0.2) is 16.4 Å². The van der Waals surface area contributed by atoms with Crippen molar-refractivity contribution in [2.45, 2.75) is 0 Å². The van der Waals surface area contributed by atoms with E-state index in [2.05, 4.69) is 10.5 Å². The maximum Gasteiger partial charge on any atom is 0.151 e. The van der Waals surface area contributed by atoms with Crippen LogP contribution in [0.5, 0.6) is 11.5 Å². The Balaban J connectivity index is 2.11. The quantitative estimate of drug-likeness (QED) is 0.590. The van der Waals surface area contributed by atoms with E-state index in [1.807, 2.05) is 0 Å². The van der Waals surface area contributed by atoms with Crippen molar-refractivity contribution < 1.29 is 19.0 Å². The molecule has 0 bridgehead atoms.